The summed E-state index contributed by atoms with van der Waals surface area (Å²) in [4.78, 5) is 15.3. The Morgan fingerprint density at radius 2 is 1.97 bits per heavy atom. The molecule has 2 aromatic carbocycles. The average Bonchev–Trinajstić information content (AvgIpc) is 3.32. The minimum atomic E-state index is -0.267. The number of methoxy groups -OCH3 is 1. The van der Waals surface area contributed by atoms with Crippen LogP contribution in [0.3, 0.4) is 0 Å². The Morgan fingerprint density at radius 3 is 2.67 bits per heavy atom. The topological polar surface area (TPSA) is 72.3 Å². The van der Waals surface area contributed by atoms with E-state index in [0.717, 1.165) is 55.0 Å². The van der Waals surface area contributed by atoms with Crippen LogP contribution < -0.4 is 10.1 Å². The number of halogens is 1. The zero-order chi connectivity index (χ0) is 22.8. The molecule has 3 saturated heterocycles. The smallest absolute Gasteiger partial charge is 0.224 e. The lowest BCUT2D eigenvalue weighted by Gasteiger charge is -2.49. The third kappa shape index (κ3) is 4.75. The highest BCUT2D eigenvalue weighted by molar-refractivity contribution is 5.79. The van der Waals surface area contributed by atoms with Gasteiger partial charge in [-0.1, -0.05) is 17.3 Å². The van der Waals surface area contributed by atoms with Crippen LogP contribution in [0, 0.1) is 17.7 Å². The van der Waals surface area contributed by atoms with Gasteiger partial charge in [-0.25, -0.2) is 4.39 Å². The van der Waals surface area contributed by atoms with Crippen molar-refractivity contribution >= 4 is 5.91 Å². The lowest BCUT2D eigenvalue weighted by atomic mass is 9.75. The number of piperidine rings is 3. The maximum Gasteiger partial charge on any atom is 0.224 e. The van der Waals surface area contributed by atoms with Crippen LogP contribution in [0.2, 0.25) is 0 Å². The lowest BCUT2D eigenvalue weighted by molar-refractivity contribution is -0.133. The van der Waals surface area contributed by atoms with E-state index in [1.807, 2.05) is 35.1 Å². The molecule has 4 heterocycles. The highest BCUT2D eigenvalue weighted by Gasteiger charge is 2.43. The highest BCUT2D eigenvalue weighted by Crippen LogP contribution is 2.37. The number of rotatable bonds is 7. The van der Waals surface area contributed by atoms with E-state index in [9.17, 15) is 9.18 Å². The number of fused-ring (bicyclic) bond motifs is 3. The van der Waals surface area contributed by atoms with Crippen LogP contribution in [0.25, 0.3) is 11.3 Å². The van der Waals surface area contributed by atoms with Crippen molar-refractivity contribution < 1.29 is 13.9 Å². The Hall–Kier alpha value is -3.26. The van der Waals surface area contributed by atoms with Gasteiger partial charge in [0.15, 0.2) is 0 Å². The number of hydrogen-bond donors (Lipinski definition) is 1. The van der Waals surface area contributed by atoms with Gasteiger partial charge in [-0.2, -0.15) is 0 Å². The molecule has 1 amide bonds. The second-order valence-electron chi connectivity index (χ2n) is 8.94. The van der Waals surface area contributed by atoms with Crippen molar-refractivity contribution in [3.63, 3.8) is 0 Å². The summed E-state index contributed by atoms with van der Waals surface area (Å²) in [6.07, 6.45) is 4.00. The first-order valence-corrected chi connectivity index (χ1v) is 11.4. The molecule has 7 nitrogen and oxygen atoms in total. The number of nitrogens with zero attached hydrogens (tertiary/aromatic N) is 4. The minimum absolute atomic E-state index is 0.000977. The number of nitrogens with one attached hydrogen (secondary N) is 1. The zero-order valence-electron chi connectivity index (χ0n) is 18.7. The summed E-state index contributed by atoms with van der Waals surface area (Å²) < 4.78 is 20.2. The van der Waals surface area contributed by atoms with Crippen LogP contribution in [-0.2, 0) is 17.9 Å². The van der Waals surface area contributed by atoms with E-state index in [4.69, 9.17) is 4.74 Å². The van der Waals surface area contributed by atoms with Crippen molar-refractivity contribution in [1.82, 2.24) is 25.2 Å². The lowest BCUT2D eigenvalue weighted by Crippen LogP contribution is -2.57. The fraction of sp³-hybridized carbons (Fsp3) is 0.400. The van der Waals surface area contributed by atoms with Gasteiger partial charge in [-0.15, -0.1) is 5.10 Å². The quantitative estimate of drug-likeness (QED) is 0.600. The average molecular weight is 450 g/mol. The Balaban J connectivity index is 1.17. The van der Waals surface area contributed by atoms with Gasteiger partial charge in [0.25, 0.3) is 0 Å². The summed E-state index contributed by atoms with van der Waals surface area (Å²) in [5.74, 6) is 1.01. The first-order valence-electron chi connectivity index (χ1n) is 11.4. The van der Waals surface area contributed by atoms with Gasteiger partial charge in [0.1, 0.15) is 17.3 Å². The van der Waals surface area contributed by atoms with E-state index in [1.165, 1.54) is 12.1 Å². The summed E-state index contributed by atoms with van der Waals surface area (Å²) in [7, 11) is 1.65. The molecule has 0 saturated carbocycles. The van der Waals surface area contributed by atoms with E-state index in [1.54, 1.807) is 19.2 Å². The van der Waals surface area contributed by atoms with Crippen LogP contribution >= 0.6 is 0 Å². The summed E-state index contributed by atoms with van der Waals surface area (Å²) in [6, 6.07) is 14.4. The second kappa shape index (κ2) is 9.31. The summed E-state index contributed by atoms with van der Waals surface area (Å²) in [6.45, 7) is 2.98. The predicted octanol–water partition coefficient (Wildman–Crippen LogP) is 3.12. The van der Waals surface area contributed by atoms with E-state index in [2.05, 4.69) is 20.5 Å². The first kappa shape index (κ1) is 21.6. The number of amides is 1. The van der Waals surface area contributed by atoms with E-state index >= 15 is 0 Å². The van der Waals surface area contributed by atoms with Gasteiger partial charge < -0.3 is 10.1 Å². The van der Waals surface area contributed by atoms with Crippen molar-refractivity contribution in [3.8, 4) is 17.0 Å². The summed E-state index contributed by atoms with van der Waals surface area (Å²) >= 11 is 0. The molecule has 0 radical (unpaired) electrons. The zero-order valence-corrected chi connectivity index (χ0v) is 18.7. The number of aromatic nitrogens is 3. The molecule has 33 heavy (non-hydrogen) atoms. The van der Waals surface area contributed by atoms with Crippen molar-refractivity contribution in [1.29, 1.82) is 0 Å². The van der Waals surface area contributed by atoms with Gasteiger partial charge in [-0.05, 0) is 67.3 Å². The Morgan fingerprint density at radius 1 is 1.18 bits per heavy atom. The number of carbonyl (C=O) groups is 1. The molecule has 4 atom stereocenters. The predicted molar refractivity (Wildman–Crippen MR) is 122 cm³/mol. The maximum absolute atomic E-state index is 13.1. The Bertz CT molecular complexity index is 1100. The standard InChI is InChI=1S/C25H28FN5O2/c1-33-22-8-4-18(5-9-22)24-16-31(29-28-24)14-21-12-19-10-11-30(21)15-23(19)25(32)27-13-17-2-6-20(26)7-3-17/h2-9,16,19,21,23H,10-15H2,1H3,(H,27,32). The van der Waals surface area contributed by atoms with Gasteiger partial charge in [0, 0.05) is 24.7 Å². The molecule has 0 spiro atoms. The highest BCUT2D eigenvalue weighted by atomic mass is 19.1. The largest absolute Gasteiger partial charge is 0.497 e. The molecule has 8 heteroatoms. The molecule has 1 N–H and O–H groups in total. The van der Waals surface area contributed by atoms with Crippen LogP contribution in [0.15, 0.2) is 54.7 Å². The monoisotopic (exact) mass is 449 g/mol. The SMILES string of the molecule is COc1ccc(-c2cn(CC3CC4CCN3CC4C(=O)NCc3ccc(F)cc3)nn2)cc1. The van der Waals surface area contributed by atoms with Crippen molar-refractivity contribution in [3.05, 3.63) is 66.1 Å². The second-order valence-corrected chi connectivity index (χ2v) is 8.94. The van der Waals surface area contributed by atoms with Crippen molar-refractivity contribution in [2.75, 3.05) is 20.2 Å². The van der Waals surface area contributed by atoms with E-state index in [0.29, 0.717) is 18.5 Å². The van der Waals surface area contributed by atoms with Crippen LogP contribution in [-0.4, -0.2) is 52.0 Å². The Labute approximate surface area is 192 Å². The summed E-state index contributed by atoms with van der Waals surface area (Å²) in [5.41, 5.74) is 2.75. The van der Waals surface area contributed by atoms with Crippen molar-refractivity contribution in [2.45, 2.75) is 32.0 Å². The van der Waals surface area contributed by atoms with E-state index < -0.39 is 0 Å². The number of hydrogen-bond acceptors (Lipinski definition) is 5. The van der Waals surface area contributed by atoms with Crippen LogP contribution in [0.4, 0.5) is 4.39 Å². The first-order chi connectivity index (χ1) is 16.1. The maximum atomic E-state index is 13.1. The number of carbonyl (C=O) groups excluding carboxylic acids is 1. The third-order valence-corrected chi connectivity index (χ3v) is 6.92. The minimum Gasteiger partial charge on any atom is -0.497 e. The molecular weight excluding hydrogens is 421 g/mol. The van der Waals surface area contributed by atoms with Gasteiger partial charge >= 0.3 is 0 Å². The molecule has 2 bridgehead atoms. The molecule has 3 aromatic rings. The molecule has 172 valence electrons. The van der Waals surface area contributed by atoms with Gasteiger partial charge in [0.05, 0.1) is 25.8 Å². The summed E-state index contributed by atoms with van der Waals surface area (Å²) in [5, 5.41) is 11.7. The number of benzene rings is 2. The molecule has 3 aliphatic heterocycles. The normalized spacial score (nSPS) is 23.9. The van der Waals surface area contributed by atoms with E-state index in [-0.39, 0.29) is 17.6 Å². The van der Waals surface area contributed by atoms with Gasteiger partial charge in [0.2, 0.25) is 5.91 Å². The molecule has 4 unspecified atom stereocenters. The molecule has 3 fully saturated rings. The van der Waals surface area contributed by atoms with Gasteiger partial charge in [-0.3, -0.25) is 14.4 Å². The van der Waals surface area contributed by atoms with Crippen molar-refractivity contribution in [2.24, 2.45) is 11.8 Å². The molecule has 6 rings (SSSR count). The Kier molecular flexibility index (Phi) is 6.09. The number of ether oxygens (including phenoxy) is 1. The molecule has 0 aliphatic carbocycles. The molecular formula is C25H28FN5O2. The molecule has 3 aliphatic rings. The molecule has 1 aromatic heterocycles. The third-order valence-electron chi connectivity index (χ3n) is 6.92. The fourth-order valence-corrected chi connectivity index (χ4v) is 5.05. The fourth-order valence-electron chi connectivity index (χ4n) is 5.05. The van der Waals surface area contributed by atoms with Crippen LogP contribution in [0.1, 0.15) is 18.4 Å². The van der Waals surface area contributed by atoms with Crippen LogP contribution in [0.5, 0.6) is 5.75 Å².